The number of carbonyl (C=O) groups is 1. The minimum Gasteiger partial charge on any atom is -0.481 e. The minimum atomic E-state index is -0.850. The van der Waals surface area contributed by atoms with Crippen molar-refractivity contribution in [2.24, 2.45) is 12.0 Å². The molecule has 1 N–H and O–H groups in total. The zero-order chi connectivity index (χ0) is 15.7. The first kappa shape index (κ1) is 16.1. The van der Waals surface area contributed by atoms with Crippen molar-refractivity contribution >= 4 is 46.2 Å². The van der Waals surface area contributed by atoms with E-state index < -0.39 is 11.9 Å². The second kappa shape index (κ2) is 6.22. The number of aromatic nitrogens is 1. The predicted octanol–water partition coefficient (Wildman–Crippen LogP) is 4.12. The Labute approximate surface area is 136 Å². The van der Waals surface area contributed by atoms with Gasteiger partial charge < -0.3 is 9.67 Å². The maximum atomic E-state index is 11.2. The van der Waals surface area contributed by atoms with Crippen LogP contribution in [0.4, 0.5) is 5.69 Å². The Bertz CT molecular complexity index is 745. The number of thiazole rings is 1. The number of carboxylic acid groups (broad SMARTS) is 1. The van der Waals surface area contributed by atoms with Crippen LogP contribution in [0.25, 0.3) is 0 Å². The van der Waals surface area contributed by atoms with E-state index in [1.807, 2.05) is 18.5 Å². The smallest absolute Gasteiger partial charge is 0.311 e. The number of aliphatic carboxylic acids is 1. The van der Waals surface area contributed by atoms with Gasteiger partial charge in [-0.3, -0.25) is 4.79 Å². The van der Waals surface area contributed by atoms with E-state index in [0.717, 1.165) is 10.6 Å². The number of nitrogens with zero attached hydrogens (tertiary/aromatic N) is 2. The Morgan fingerprint density at radius 3 is 2.43 bits per heavy atom. The van der Waals surface area contributed by atoms with Crippen molar-refractivity contribution in [3.8, 4) is 0 Å². The summed E-state index contributed by atoms with van der Waals surface area (Å²) in [4.78, 5) is 17.1. The summed E-state index contributed by atoms with van der Waals surface area (Å²) >= 11 is 13.3. The van der Waals surface area contributed by atoms with E-state index in [9.17, 15) is 4.79 Å². The van der Waals surface area contributed by atoms with E-state index in [2.05, 4.69) is 4.99 Å². The molecule has 0 fully saturated rings. The van der Waals surface area contributed by atoms with Crippen LogP contribution in [0, 0.1) is 6.92 Å². The average Bonchev–Trinajstić information content (AvgIpc) is 2.65. The van der Waals surface area contributed by atoms with Gasteiger partial charge in [-0.25, -0.2) is 4.99 Å². The Hall–Kier alpha value is -1.30. The molecular weight excluding hydrogens is 331 g/mol. The highest BCUT2D eigenvalue weighted by Crippen LogP contribution is 2.26. The molecule has 1 heterocycles. The van der Waals surface area contributed by atoms with Crippen molar-refractivity contribution < 1.29 is 9.90 Å². The Morgan fingerprint density at radius 2 is 1.90 bits per heavy atom. The molecule has 112 valence electrons. The maximum absolute atomic E-state index is 11.2. The highest BCUT2D eigenvalue weighted by Gasteiger charge is 2.20. The van der Waals surface area contributed by atoms with Crippen molar-refractivity contribution in [2.45, 2.75) is 19.8 Å². The van der Waals surface area contributed by atoms with Crippen molar-refractivity contribution in [3.63, 3.8) is 0 Å². The van der Waals surface area contributed by atoms with Crippen LogP contribution in [0.5, 0.6) is 0 Å². The lowest BCUT2D eigenvalue weighted by molar-refractivity contribution is -0.138. The van der Waals surface area contributed by atoms with Gasteiger partial charge in [0.2, 0.25) is 0 Å². The van der Waals surface area contributed by atoms with Crippen LogP contribution in [0.3, 0.4) is 0 Å². The monoisotopic (exact) mass is 344 g/mol. The van der Waals surface area contributed by atoms with Crippen LogP contribution in [0.1, 0.15) is 23.4 Å². The molecule has 0 spiro atoms. The molecule has 0 bridgehead atoms. The lowest BCUT2D eigenvalue weighted by Crippen LogP contribution is -2.11. The molecule has 0 aliphatic rings. The van der Waals surface area contributed by atoms with Crippen LogP contribution in [0.15, 0.2) is 23.2 Å². The van der Waals surface area contributed by atoms with Crippen LogP contribution < -0.4 is 4.80 Å². The van der Waals surface area contributed by atoms with Crippen LogP contribution in [-0.2, 0) is 11.8 Å². The fraction of sp³-hybridized carbons (Fsp3) is 0.286. The van der Waals surface area contributed by atoms with Gasteiger partial charge in [-0.05, 0) is 32.0 Å². The molecule has 1 aromatic carbocycles. The van der Waals surface area contributed by atoms with E-state index in [4.69, 9.17) is 28.3 Å². The molecule has 7 heteroatoms. The zero-order valence-corrected chi connectivity index (χ0v) is 14.1. The first-order valence-electron chi connectivity index (χ1n) is 6.19. The van der Waals surface area contributed by atoms with Crippen molar-refractivity contribution in [3.05, 3.63) is 43.6 Å². The standard InChI is InChI=1S/C14H14Cl2N2O2S/c1-7(13(19)20)12-8(2)18(3)14(21-12)17-11-5-9(15)4-10(16)6-11/h4-7H,1-3H3,(H,19,20)/b17-14+. The summed E-state index contributed by atoms with van der Waals surface area (Å²) in [6.45, 7) is 3.55. The first-order valence-corrected chi connectivity index (χ1v) is 7.76. The molecule has 0 saturated carbocycles. The minimum absolute atomic E-state index is 0.510. The lowest BCUT2D eigenvalue weighted by atomic mass is 10.1. The summed E-state index contributed by atoms with van der Waals surface area (Å²) in [5.41, 5.74) is 1.53. The topological polar surface area (TPSA) is 54.6 Å². The molecule has 1 aromatic heterocycles. The summed E-state index contributed by atoms with van der Waals surface area (Å²) in [7, 11) is 1.86. The normalized spacial score (nSPS) is 13.5. The molecule has 0 saturated heterocycles. The van der Waals surface area contributed by atoms with E-state index in [1.54, 1.807) is 25.1 Å². The Kier molecular flexibility index (Phi) is 4.76. The zero-order valence-electron chi connectivity index (χ0n) is 11.7. The average molecular weight is 345 g/mol. The third kappa shape index (κ3) is 3.48. The molecule has 0 radical (unpaired) electrons. The molecule has 0 aliphatic carbocycles. The molecular formula is C14H14Cl2N2O2S. The van der Waals surface area contributed by atoms with Crippen LogP contribution >= 0.6 is 34.5 Å². The van der Waals surface area contributed by atoms with Gasteiger partial charge in [0.15, 0.2) is 4.80 Å². The van der Waals surface area contributed by atoms with Crippen LogP contribution in [-0.4, -0.2) is 15.6 Å². The maximum Gasteiger partial charge on any atom is 0.311 e. The molecule has 4 nitrogen and oxygen atoms in total. The van der Waals surface area contributed by atoms with Crippen molar-refractivity contribution in [1.82, 2.24) is 4.57 Å². The van der Waals surface area contributed by atoms with Crippen LogP contribution in [0.2, 0.25) is 10.0 Å². The number of benzene rings is 1. The van der Waals surface area contributed by atoms with Gasteiger partial charge in [-0.1, -0.05) is 23.2 Å². The van der Waals surface area contributed by atoms with Gasteiger partial charge in [-0.2, -0.15) is 0 Å². The fourth-order valence-electron chi connectivity index (χ4n) is 1.88. The Balaban J connectivity index is 2.56. The molecule has 1 atom stereocenters. The summed E-state index contributed by atoms with van der Waals surface area (Å²) in [5, 5.41) is 10.2. The van der Waals surface area contributed by atoms with Gasteiger partial charge in [0.25, 0.3) is 0 Å². The third-order valence-corrected chi connectivity index (χ3v) is 5.04. The second-order valence-corrected chi connectivity index (χ2v) is 6.57. The van der Waals surface area contributed by atoms with E-state index in [0.29, 0.717) is 20.5 Å². The molecule has 0 aliphatic heterocycles. The molecule has 2 aromatic rings. The number of hydrogen-bond donors (Lipinski definition) is 1. The summed E-state index contributed by atoms with van der Waals surface area (Å²) in [6.07, 6.45) is 0. The second-order valence-electron chi connectivity index (χ2n) is 4.69. The molecule has 2 rings (SSSR count). The molecule has 1 unspecified atom stereocenters. The molecule has 21 heavy (non-hydrogen) atoms. The molecule has 0 amide bonds. The highest BCUT2D eigenvalue weighted by atomic mass is 35.5. The number of carboxylic acids is 1. The number of rotatable bonds is 3. The largest absolute Gasteiger partial charge is 0.481 e. The van der Waals surface area contributed by atoms with E-state index in [1.165, 1.54) is 11.3 Å². The van der Waals surface area contributed by atoms with Gasteiger partial charge in [-0.15, -0.1) is 11.3 Å². The third-order valence-electron chi connectivity index (χ3n) is 3.18. The summed E-state index contributed by atoms with van der Waals surface area (Å²) in [6, 6.07) is 5.06. The quantitative estimate of drug-likeness (QED) is 0.910. The van der Waals surface area contributed by atoms with Gasteiger partial charge in [0.1, 0.15) is 0 Å². The fourth-order valence-corrected chi connectivity index (χ4v) is 3.57. The highest BCUT2D eigenvalue weighted by molar-refractivity contribution is 7.09. The van der Waals surface area contributed by atoms with Gasteiger partial charge >= 0.3 is 5.97 Å². The Morgan fingerprint density at radius 1 is 1.33 bits per heavy atom. The predicted molar refractivity (Wildman–Crippen MR) is 85.8 cm³/mol. The lowest BCUT2D eigenvalue weighted by Gasteiger charge is -2.04. The van der Waals surface area contributed by atoms with Gasteiger partial charge in [0.05, 0.1) is 11.6 Å². The van der Waals surface area contributed by atoms with E-state index >= 15 is 0 Å². The summed E-state index contributed by atoms with van der Waals surface area (Å²) < 4.78 is 1.87. The first-order chi connectivity index (χ1) is 9.79. The van der Waals surface area contributed by atoms with E-state index in [-0.39, 0.29) is 0 Å². The number of hydrogen-bond acceptors (Lipinski definition) is 3. The SMILES string of the molecule is Cc1c(C(C)C(=O)O)s/c(=N/c2cc(Cl)cc(Cl)c2)n1C. The summed E-state index contributed by atoms with van der Waals surface area (Å²) in [5.74, 6) is -1.41. The van der Waals surface area contributed by atoms with Gasteiger partial charge in [0, 0.05) is 27.7 Å². The van der Waals surface area contributed by atoms with Crippen molar-refractivity contribution in [1.29, 1.82) is 0 Å². The number of halogens is 2. The van der Waals surface area contributed by atoms with Crippen molar-refractivity contribution in [2.75, 3.05) is 0 Å².